The second-order valence-electron chi connectivity index (χ2n) is 2.27. The van der Waals surface area contributed by atoms with E-state index in [2.05, 4.69) is 5.32 Å². The first-order chi connectivity index (χ1) is 5.72. The summed E-state index contributed by atoms with van der Waals surface area (Å²) in [7, 11) is 2.88. The summed E-state index contributed by atoms with van der Waals surface area (Å²) in [5, 5.41) is 10.8. The molecular weight excluding hydrogens is 174 g/mol. The molecule has 0 spiro atoms. The Balaban J connectivity index is 0.000000561. The van der Waals surface area contributed by atoms with Crippen molar-refractivity contribution >= 4 is 17.3 Å². The third kappa shape index (κ3) is 3.60. The van der Waals surface area contributed by atoms with Gasteiger partial charge in [-0.1, -0.05) is 11.6 Å². The summed E-state index contributed by atoms with van der Waals surface area (Å²) in [6.45, 7) is 2.02. The molecule has 3 heteroatoms. The summed E-state index contributed by atoms with van der Waals surface area (Å²) in [6, 6.07) is 5.88. The highest BCUT2D eigenvalue weighted by molar-refractivity contribution is 6.30. The van der Waals surface area contributed by atoms with Crippen molar-refractivity contribution in [1.29, 1.82) is 0 Å². The zero-order chi connectivity index (χ0) is 9.56. The number of aryl methyl sites for hydroxylation is 1. The molecule has 1 aromatic rings. The van der Waals surface area contributed by atoms with Gasteiger partial charge in [0.1, 0.15) is 0 Å². The minimum absolute atomic E-state index is 0.782. The molecule has 0 radical (unpaired) electrons. The topological polar surface area (TPSA) is 32.3 Å². The second-order valence-corrected chi connectivity index (χ2v) is 2.70. The molecule has 0 saturated heterocycles. The van der Waals surface area contributed by atoms with Crippen LogP contribution in [0.2, 0.25) is 5.02 Å². The van der Waals surface area contributed by atoms with E-state index in [9.17, 15) is 0 Å². The lowest BCUT2D eigenvalue weighted by Gasteiger charge is -2.01. The lowest BCUT2D eigenvalue weighted by atomic mass is 10.2. The van der Waals surface area contributed by atoms with Crippen molar-refractivity contribution in [2.45, 2.75) is 6.92 Å². The highest BCUT2D eigenvalue weighted by atomic mass is 35.5. The van der Waals surface area contributed by atoms with Gasteiger partial charge in [0.15, 0.2) is 0 Å². The Kier molecular flexibility index (Phi) is 5.51. The number of aliphatic hydroxyl groups is 1. The first kappa shape index (κ1) is 11.3. The number of hydrogen-bond acceptors (Lipinski definition) is 2. The van der Waals surface area contributed by atoms with Gasteiger partial charge >= 0.3 is 0 Å². The smallest absolute Gasteiger partial charge is 0.0429 e. The van der Waals surface area contributed by atoms with Crippen LogP contribution in [0.25, 0.3) is 0 Å². The molecule has 2 nitrogen and oxygen atoms in total. The fourth-order valence-corrected chi connectivity index (χ4v) is 1.17. The van der Waals surface area contributed by atoms with Crippen LogP contribution in [0.5, 0.6) is 0 Å². The van der Waals surface area contributed by atoms with Crippen LogP contribution in [0, 0.1) is 6.92 Å². The molecule has 0 amide bonds. The summed E-state index contributed by atoms with van der Waals surface area (Å²) in [5.41, 5.74) is 2.24. The average Bonchev–Trinajstić information content (AvgIpc) is 2.06. The Labute approximate surface area is 78.2 Å². The Morgan fingerprint density at radius 3 is 2.25 bits per heavy atom. The maximum Gasteiger partial charge on any atom is 0.0429 e. The summed E-state index contributed by atoms with van der Waals surface area (Å²) in [4.78, 5) is 0. The van der Waals surface area contributed by atoms with Gasteiger partial charge in [-0.05, 0) is 30.7 Å². The van der Waals surface area contributed by atoms with Crippen LogP contribution in [-0.2, 0) is 0 Å². The number of rotatable bonds is 1. The van der Waals surface area contributed by atoms with Crippen LogP contribution >= 0.6 is 11.6 Å². The van der Waals surface area contributed by atoms with Crippen molar-refractivity contribution in [2.75, 3.05) is 19.5 Å². The molecule has 0 saturated carbocycles. The predicted molar refractivity (Wildman–Crippen MR) is 53.9 cm³/mol. The van der Waals surface area contributed by atoms with Gasteiger partial charge in [-0.2, -0.15) is 0 Å². The summed E-state index contributed by atoms with van der Waals surface area (Å²) < 4.78 is 0. The van der Waals surface area contributed by atoms with E-state index in [4.69, 9.17) is 16.7 Å². The van der Waals surface area contributed by atoms with E-state index in [1.165, 1.54) is 5.56 Å². The van der Waals surface area contributed by atoms with Gasteiger partial charge < -0.3 is 10.4 Å². The van der Waals surface area contributed by atoms with Gasteiger partial charge in [0.2, 0.25) is 0 Å². The molecular formula is C9H14ClNO. The van der Waals surface area contributed by atoms with Crippen molar-refractivity contribution in [1.82, 2.24) is 0 Å². The molecule has 0 aliphatic heterocycles. The van der Waals surface area contributed by atoms with Crippen LogP contribution in [0.4, 0.5) is 5.69 Å². The van der Waals surface area contributed by atoms with Crippen LogP contribution in [-0.4, -0.2) is 19.3 Å². The van der Waals surface area contributed by atoms with Crippen LogP contribution < -0.4 is 5.32 Å². The minimum atomic E-state index is 0.782. The highest BCUT2D eigenvalue weighted by Crippen LogP contribution is 2.17. The average molecular weight is 188 g/mol. The van der Waals surface area contributed by atoms with Crippen molar-refractivity contribution in [2.24, 2.45) is 0 Å². The van der Waals surface area contributed by atoms with E-state index in [1.54, 1.807) is 0 Å². The zero-order valence-electron chi connectivity index (χ0n) is 7.56. The Bertz CT molecular complexity index is 218. The zero-order valence-corrected chi connectivity index (χ0v) is 8.31. The molecule has 1 rings (SSSR count). The number of aliphatic hydroxyl groups excluding tert-OH is 1. The number of halogens is 1. The second kappa shape index (κ2) is 5.86. The summed E-state index contributed by atoms with van der Waals surface area (Å²) in [5.74, 6) is 0. The molecule has 0 aliphatic carbocycles. The quantitative estimate of drug-likeness (QED) is 0.707. The maximum atomic E-state index is 7.00. The highest BCUT2D eigenvalue weighted by Gasteiger charge is 1.92. The molecule has 0 heterocycles. The van der Waals surface area contributed by atoms with E-state index in [0.717, 1.165) is 17.8 Å². The molecule has 2 N–H and O–H groups in total. The number of anilines is 1. The third-order valence-corrected chi connectivity index (χ3v) is 1.55. The van der Waals surface area contributed by atoms with Crippen molar-refractivity contribution < 1.29 is 5.11 Å². The normalized spacial score (nSPS) is 8.42. The van der Waals surface area contributed by atoms with Gasteiger partial charge in [-0.3, -0.25) is 0 Å². The molecule has 12 heavy (non-hydrogen) atoms. The largest absolute Gasteiger partial charge is 0.400 e. The van der Waals surface area contributed by atoms with E-state index in [0.29, 0.717) is 0 Å². The minimum Gasteiger partial charge on any atom is -0.400 e. The first-order valence-electron chi connectivity index (χ1n) is 3.62. The van der Waals surface area contributed by atoms with Gasteiger partial charge in [0.05, 0.1) is 0 Å². The molecule has 0 unspecified atom stereocenters. The molecule has 1 aromatic carbocycles. The monoisotopic (exact) mass is 187 g/mol. The Hall–Kier alpha value is -0.730. The first-order valence-corrected chi connectivity index (χ1v) is 4.00. The van der Waals surface area contributed by atoms with E-state index >= 15 is 0 Å². The van der Waals surface area contributed by atoms with Crippen molar-refractivity contribution in [3.8, 4) is 0 Å². The fraction of sp³-hybridized carbons (Fsp3) is 0.333. The molecule has 0 bridgehead atoms. The van der Waals surface area contributed by atoms with E-state index < -0.39 is 0 Å². The van der Waals surface area contributed by atoms with Gasteiger partial charge in [0.25, 0.3) is 0 Å². The van der Waals surface area contributed by atoms with Crippen LogP contribution in [0.15, 0.2) is 18.2 Å². The number of benzene rings is 1. The fourth-order valence-electron chi connectivity index (χ4n) is 0.881. The van der Waals surface area contributed by atoms with Crippen LogP contribution in [0.1, 0.15) is 5.56 Å². The lowest BCUT2D eigenvalue weighted by molar-refractivity contribution is 0.399. The van der Waals surface area contributed by atoms with E-state index in [1.807, 2.05) is 32.2 Å². The van der Waals surface area contributed by atoms with Crippen LogP contribution in [0.3, 0.4) is 0 Å². The van der Waals surface area contributed by atoms with Crippen molar-refractivity contribution in [3.63, 3.8) is 0 Å². The Morgan fingerprint density at radius 1 is 1.25 bits per heavy atom. The van der Waals surface area contributed by atoms with Crippen molar-refractivity contribution in [3.05, 3.63) is 28.8 Å². The molecule has 0 atom stereocenters. The molecule has 0 fully saturated rings. The van der Waals surface area contributed by atoms with Gasteiger partial charge in [0, 0.05) is 24.9 Å². The van der Waals surface area contributed by atoms with Gasteiger partial charge in [-0.15, -0.1) is 0 Å². The molecule has 0 aliphatic rings. The maximum absolute atomic E-state index is 7.00. The van der Waals surface area contributed by atoms with E-state index in [-0.39, 0.29) is 0 Å². The predicted octanol–water partition coefficient (Wildman–Crippen LogP) is 2.30. The lowest BCUT2D eigenvalue weighted by Crippen LogP contribution is -1.87. The Morgan fingerprint density at radius 2 is 1.83 bits per heavy atom. The summed E-state index contributed by atoms with van der Waals surface area (Å²) >= 11 is 5.79. The number of hydrogen-bond donors (Lipinski definition) is 2. The standard InChI is InChI=1S/C8H10ClN.CH4O/c1-6-3-7(9)5-8(4-6)10-2;1-2/h3-5,10H,1-2H3;2H,1H3. The third-order valence-electron chi connectivity index (χ3n) is 1.33. The SMILES string of the molecule is CNc1cc(C)cc(Cl)c1.CO. The van der Waals surface area contributed by atoms with Gasteiger partial charge in [-0.25, -0.2) is 0 Å². The summed E-state index contributed by atoms with van der Waals surface area (Å²) in [6.07, 6.45) is 0. The molecule has 68 valence electrons. The number of nitrogens with one attached hydrogen (secondary N) is 1. The molecule has 0 aromatic heterocycles.